The number of hydrogen-bond acceptors (Lipinski definition) is 3. The van der Waals surface area contributed by atoms with Crippen LogP contribution >= 0.6 is 0 Å². The summed E-state index contributed by atoms with van der Waals surface area (Å²) in [4.78, 5) is 11.7. The number of ether oxygens (including phenoxy) is 1. The van der Waals surface area contributed by atoms with Gasteiger partial charge in [0, 0.05) is 13.1 Å². The Hall–Kier alpha value is -2.69. The van der Waals surface area contributed by atoms with Gasteiger partial charge in [0.25, 0.3) is 0 Å². The first kappa shape index (κ1) is 14.7. The molecule has 0 aliphatic heterocycles. The molecule has 0 aliphatic carbocycles. The van der Waals surface area contributed by atoms with E-state index in [1.807, 2.05) is 30.3 Å². The molecule has 0 fully saturated rings. The van der Waals surface area contributed by atoms with Crippen LogP contribution in [0.4, 0.5) is 4.79 Å². The topological polar surface area (TPSA) is 70.6 Å². The minimum atomic E-state index is -0.255. The fourth-order valence-corrected chi connectivity index (χ4v) is 1.87. The van der Waals surface area contributed by atoms with Crippen LogP contribution in [0, 0.1) is 0 Å². The summed E-state index contributed by atoms with van der Waals surface area (Å²) in [5, 5.41) is 15.2. The third kappa shape index (κ3) is 4.42. The number of benzene rings is 2. The van der Waals surface area contributed by atoms with Gasteiger partial charge < -0.3 is 20.5 Å². The molecule has 0 radical (unpaired) electrons. The number of rotatable bonds is 5. The van der Waals surface area contributed by atoms with E-state index in [0.29, 0.717) is 18.8 Å². The van der Waals surface area contributed by atoms with E-state index in [0.717, 1.165) is 11.1 Å². The van der Waals surface area contributed by atoms with Gasteiger partial charge in [-0.2, -0.15) is 0 Å². The van der Waals surface area contributed by atoms with Gasteiger partial charge in [0.1, 0.15) is 0 Å². The molecule has 2 amide bonds. The molecule has 21 heavy (non-hydrogen) atoms. The van der Waals surface area contributed by atoms with Crippen molar-refractivity contribution in [3.05, 3.63) is 59.7 Å². The predicted octanol–water partition coefficient (Wildman–Crippen LogP) is 2.40. The molecule has 0 atom stereocenters. The average Bonchev–Trinajstić information content (AvgIpc) is 2.52. The zero-order chi connectivity index (χ0) is 15.1. The maximum Gasteiger partial charge on any atom is 0.315 e. The van der Waals surface area contributed by atoms with Crippen LogP contribution in [0.3, 0.4) is 0 Å². The van der Waals surface area contributed by atoms with Gasteiger partial charge in [-0.3, -0.25) is 0 Å². The molecular formula is C16H18N2O3. The first-order chi connectivity index (χ1) is 10.2. The summed E-state index contributed by atoms with van der Waals surface area (Å²) in [6, 6.07) is 14.4. The van der Waals surface area contributed by atoms with E-state index < -0.39 is 0 Å². The number of phenolic OH excluding ortho intramolecular Hbond substituents is 1. The Morgan fingerprint density at radius 3 is 2.33 bits per heavy atom. The predicted molar refractivity (Wildman–Crippen MR) is 80.2 cm³/mol. The Balaban J connectivity index is 1.80. The van der Waals surface area contributed by atoms with Crippen LogP contribution in [0.15, 0.2) is 48.5 Å². The van der Waals surface area contributed by atoms with Crippen LogP contribution < -0.4 is 15.4 Å². The number of aromatic hydroxyl groups is 1. The molecule has 0 spiro atoms. The van der Waals surface area contributed by atoms with Crippen molar-refractivity contribution in [3.8, 4) is 11.5 Å². The van der Waals surface area contributed by atoms with Crippen molar-refractivity contribution in [2.75, 3.05) is 7.11 Å². The van der Waals surface area contributed by atoms with Crippen molar-refractivity contribution in [1.29, 1.82) is 0 Å². The van der Waals surface area contributed by atoms with Crippen molar-refractivity contribution < 1.29 is 14.6 Å². The molecule has 5 heteroatoms. The normalized spacial score (nSPS) is 9.95. The van der Waals surface area contributed by atoms with Crippen molar-refractivity contribution >= 4 is 6.03 Å². The fourth-order valence-electron chi connectivity index (χ4n) is 1.87. The van der Waals surface area contributed by atoms with E-state index in [1.165, 1.54) is 7.11 Å². The van der Waals surface area contributed by atoms with Crippen LogP contribution in [0.1, 0.15) is 11.1 Å². The Bertz CT molecular complexity index is 600. The maximum absolute atomic E-state index is 11.7. The van der Waals surface area contributed by atoms with E-state index in [1.54, 1.807) is 18.2 Å². The Morgan fingerprint density at radius 1 is 1.05 bits per heavy atom. The molecule has 2 aromatic rings. The lowest BCUT2D eigenvalue weighted by Gasteiger charge is -2.09. The summed E-state index contributed by atoms with van der Waals surface area (Å²) in [5.74, 6) is 0.466. The van der Waals surface area contributed by atoms with Crippen LogP contribution in [0.2, 0.25) is 0 Å². The van der Waals surface area contributed by atoms with E-state index in [2.05, 4.69) is 10.6 Å². The molecule has 0 bridgehead atoms. The molecule has 0 unspecified atom stereocenters. The minimum absolute atomic E-state index is 0.0569. The van der Waals surface area contributed by atoms with Crippen molar-refractivity contribution in [2.45, 2.75) is 13.1 Å². The number of carbonyl (C=O) groups is 1. The zero-order valence-corrected chi connectivity index (χ0v) is 11.8. The third-order valence-corrected chi connectivity index (χ3v) is 2.99. The standard InChI is InChI=1S/C16H18N2O3/c1-21-15-8-7-13(9-14(15)19)11-18-16(20)17-10-12-5-3-2-4-6-12/h2-9,19H,10-11H2,1H3,(H2,17,18,20). The van der Waals surface area contributed by atoms with Crippen LogP contribution in [-0.4, -0.2) is 18.2 Å². The number of carbonyl (C=O) groups excluding carboxylic acids is 1. The van der Waals surface area contributed by atoms with Gasteiger partial charge in [-0.05, 0) is 23.3 Å². The number of urea groups is 1. The van der Waals surface area contributed by atoms with Crippen molar-refractivity contribution in [2.24, 2.45) is 0 Å². The monoisotopic (exact) mass is 286 g/mol. The number of nitrogens with one attached hydrogen (secondary N) is 2. The van der Waals surface area contributed by atoms with E-state index in [4.69, 9.17) is 4.74 Å². The van der Waals surface area contributed by atoms with Gasteiger partial charge in [0.15, 0.2) is 11.5 Å². The highest BCUT2D eigenvalue weighted by Crippen LogP contribution is 2.25. The highest BCUT2D eigenvalue weighted by molar-refractivity contribution is 5.73. The summed E-state index contributed by atoms with van der Waals surface area (Å²) in [6.45, 7) is 0.804. The lowest BCUT2D eigenvalue weighted by atomic mass is 10.2. The lowest BCUT2D eigenvalue weighted by molar-refractivity contribution is 0.240. The van der Waals surface area contributed by atoms with Crippen LogP contribution in [-0.2, 0) is 13.1 Å². The highest BCUT2D eigenvalue weighted by atomic mass is 16.5. The van der Waals surface area contributed by atoms with E-state index >= 15 is 0 Å². The van der Waals surface area contributed by atoms with Gasteiger partial charge in [0.05, 0.1) is 7.11 Å². The quantitative estimate of drug-likeness (QED) is 0.790. The number of methoxy groups -OCH3 is 1. The molecule has 2 aromatic carbocycles. The second-order valence-electron chi connectivity index (χ2n) is 4.53. The minimum Gasteiger partial charge on any atom is -0.504 e. The maximum atomic E-state index is 11.7. The van der Waals surface area contributed by atoms with Crippen molar-refractivity contribution in [3.63, 3.8) is 0 Å². The molecular weight excluding hydrogens is 268 g/mol. The third-order valence-electron chi connectivity index (χ3n) is 2.99. The molecule has 5 nitrogen and oxygen atoms in total. The second-order valence-corrected chi connectivity index (χ2v) is 4.53. The number of phenols is 1. The largest absolute Gasteiger partial charge is 0.504 e. The Morgan fingerprint density at radius 2 is 1.71 bits per heavy atom. The first-order valence-electron chi connectivity index (χ1n) is 6.60. The van der Waals surface area contributed by atoms with Gasteiger partial charge >= 0.3 is 6.03 Å². The van der Waals surface area contributed by atoms with Crippen LogP contribution in [0.5, 0.6) is 11.5 Å². The van der Waals surface area contributed by atoms with Gasteiger partial charge in [-0.15, -0.1) is 0 Å². The molecule has 0 saturated carbocycles. The van der Waals surface area contributed by atoms with Gasteiger partial charge in [-0.1, -0.05) is 36.4 Å². The molecule has 0 heterocycles. The molecule has 0 aliphatic rings. The Kier molecular flexibility index (Phi) is 5.04. The summed E-state index contributed by atoms with van der Waals surface area (Å²) < 4.78 is 4.96. The summed E-state index contributed by atoms with van der Waals surface area (Å²) >= 11 is 0. The number of amides is 2. The van der Waals surface area contributed by atoms with E-state index in [-0.39, 0.29) is 11.8 Å². The zero-order valence-electron chi connectivity index (χ0n) is 11.8. The second kappa shape index (κ2) is 7.19. The van der Waals surface area contributed by atoms with Crippen LogP contribution in [0.25, 0.3) is 0 Å². The first-order valence-corrected chi connectivity index (χ1v) is 6.60. The smallest absolute Gasteiger partial charge is 0.315 e. The molecule has 3 N–H and O–H groups in total. The number of hydrogen-bond donors (Lipinski definition) is 3. The summed E-state index contributed by atoms with van der Waals surface area (Å²) in [7, 11) is 1.49. The van der Waals surface area contributed by atoms with Crippen molar-refractivity contribution in [1.82, 2.24) is 10.6 Å². The fraction of sp³-hybridized carbons (Fsp3) is 0.188. The highest BCUT2D eigenvalue weighted by Gasteiger charge is 2.04. The molecule has 0 aromatic heterocycles. The molecule has 110 valence electrons. The molecule has 2 rings (SSSR count). The summed E-state index contributed by atoms with van der Waals surface area (Å²) in [6.07, 6.45) is 0. The average molecular weight is 286 g/mol. The van der Waals surface area contributed by atoms with Gasteiger partial charge in [0.2, 0.25) is 0 Å². The Labute approximate surface area is 123 Å². The van der Waals surface area contributed by atoms with E-state index in [9.17, 15) is 9.90 Å². The summed E-state index contributed by atoms with van der Waals surface area (Å²) in [5.41, 5.74) is 1.83. The van der Waals surface area contributed by atoms with Gasteiger partial charge in [-0.25, -0.2) is 4.79 Å². The molecule has 0 saturated heterocycles. The SMILES string of the molecule is COc1ccc(CNC(=O)NCc2ccccc2)cc1O. The lowest BCUT2D eigenvalue weighted by Crippen LogP contribution is -2.34.